The predicted molar refractivity (Wildman–Crippen MR) is 263 cm³/mol. The van der Waals surface area contributed by atoms with E-state index in [9.17, 15) is 19.4 Å². The Kier molecular flexibility index (Phi) is 42.6. The molecular weight excluding hydrogens is 780 g/mol. The maximum absolute atomic E-state index is 12.9. The minimum atomic E-state index is -4.34. The van der Waals surface area contributed by atoms with E-state index in [-0.39, 0.29) is 19.1 Å². The smallest absolute Gasteiger partial charge is 0.387 e. The first-order valence-electron chi connectivity index (χ1n) is 25.5. The molecule has 1 amide bonds. The second-order valence-corrected chi connectivity index (χ2v) is 20.0. The molecule has 0 rings (SSSR count). The van der Waals surface area contributed by atoms with Crippen LogP contribution in [0, 0.1) is 0 Å². The Labute approximate surface area is 378 Å². The van der Waals surface area contributed by atoms with Gasteiger partial charge in [-0.25, -0.2) is 4.57 Å². The van der Waals surface area contributed by atoms with Crippen molar-refractivity contribution in [1.29, 1.82) is 0 Å². The van der Waals surface area contributed by atoms with Crippen molar-refractivity contribution >= 4 is 13.7 Å². The van der Waals surface area contributed by atoms with Crippen molar-refractivity contribution in [2.75, 3.05) is 40.9 Å². The highest BCUT2D eigenvalue weighted by Gasteiger charge is 2.27. The van der Waals surface area contributed by atoms with Crippen molar-refractivity contribution in [3.05, 3.63) is 48.6 Å². The highest BCUT2D eigenvalue weighted by Crippen LogP contribution is 2.43. The van der Waals surface area contributed by atoms with Gasteiger partial charge in [-0.3, -0.25) is 13.8 Å². The highest BCUT2D eigenvalue weighted by atomic mass is 31.2. The van der Waals surface area contributed by atoms with E-state index < -0.39 is 20.0 Å². The first kappa shape index (κ1) is 59.5. The molecule has 0 aromatic carbocycles. The summed E-state index contributed by atoms with van der Waals surface area (Å²) in [5.41, 5.74) is 0. The molecule has 0 aliphatic rings. The average molecular weight is 880 g/mol. The van der Waals surface area contributed by atoms with Crippen LogP contribution in [-0.4, -0.2) is 73.4 Å². The zero-order valence-corrected chi connectivity index (χ0v) is 41.5. The molecule has 0 radical (unpaired) electrons. The standard InChI is InChI=1S/C52H99N2O6P/c1-6-8-10-12-14-16-18-20-22-24-25-26-27-28-29-30-32-34-36-38-40-42-44-46-52(56)53-50(49-60-61(57,58)59-48-47-54(3,4)5)51(55)45-43-41-39-37-35-33-31-23-21-19-17-15-13-11-9-7-2/h18,20,24-25,27-28,43,45,50-51,55H,6-17,19,21-23,26,29-42,44,46-49H2,1-5H3,(H-,53,56,57,58)/p+1/b20-18-,25-24-,28-27-,45-43+. The number of carbonyl (C=O) groups is 1. The Morgan fingerprint density at radius 1 is 0.557 bits per heavy atom. The van der Waals surface area contributed by atoms with Gasteiger partial charge < -0.3 is 19.8 Å². The number of aliphatic hydroxyl groups is 1. The summed E-state index contributed by atoms with van der Waals surface area (Å²) in [6.45, 7) is 4.80. The van der Waals surface area contributed by atoms with Crippen molar-refractivity contribution in [3.63, 3.8) is 0 Å². The lowest BCUT2D eigenvalue weighted by Crippen LogP contribution is -2.45. The van der Waals surface area contributed by atoms with Crippen LogP contribution in [0.1, 0.15) is 226 Å². The number of rotatable bonds is 46. The van der Waals surface area contributed by atoms with E-state index in [1.807, 2.05) is 27.2 Å². The normalized spacial score (nSPS) is 14.5. The lowest BCUT2D eigenvalue weighted by molar-refractivity contribution is -0.870. The van der Waals surface area contributed by atoms with Gasteiger partial charge in [-0.05, 0) is 57.8 Å². The molecule has 0 aromatic rings. The average Bonchev–Trinajstić information content (AvgIpc) is 3.21. The Hall–Kier alpha value is -1.54. The number of aliphatic hydroxyl groups excluding tert-OH is 1. The third-order valence-corrected chi connectivity index (χ3v) is 12.3. The Bertz CT molecular complexity index is 1130. The molecule has 358 valence electrons. The third-order valence-electron chi connectivity index (χ3n) is 11.3. The minimum Gasteiger partial charge on any atom is -0.387 e. The number of quaternary nitrogens is 1. The van der Waals surface area contributed by atoms with Gasteiger partial charge in [-0.15, -0.1) is 0 Å². The zero-order valence-electron chi connectivity index (χ0n) is 40.7. The molecule has 0 spiro atoms. The molecule has 0 heterocycles. The summed E-state index contributed by atoms with van der Waals surface area (Å²) >= 11 is 0. The van der Waals surface area contributed by atoms with Crippen molar-refractivity contribution in [3.8, 4) is 0 Å². The molecule has 0 aliphatic carbocycles. The fraction of sp³-hybridized carbons (Fsp3) is 0.827. The van der Waals surface area contributed by atoms with Crippen molar-refractivity contribution in [2.24, 2.45) is 0 Å². The van der Waals surface area contributed by atoms with Crippen LogP contribution in [0.3, 0.4) is 0 Å². The van der Waals surface area contributed by atoms with E-state index in [4.69, 9.17) is 9.05 Å². The third kappa shape index (κ3) is 46.3. The van der Waals surface area contributed by atoms with Crippen LogP contribution in [0.5, 0.6) is 0 Å². The number of amides is 1. The van der Waals surface area contributed by atoms with Gasteiger partial charge in [0.2, 0.25) is 5.91 Å². The number of hydrogen-bond donors (Lipinski definition) is 3. The molecule has 3 N–H and O–H groups in total. The van der Waals surface area contributed by atoms with Crippen LogP contribution >= 0.6 is 7.82 Å². The van der Waals surface area contributed by atoms with Crippen LogP contribution in [0.4, 0.5) is 0 Å². The van der Waals surface area contributed by atoms with Gasteiger partial charge in [0.05, 0.1) is 39.9 Å². The number of carbonyl (C=O) groups excluding carboxylic acids is 1. The number of hydrogen-bond acceptors (Lipinski definition) is 5. The lowest BCUT2D eigenvalue weighted by Gasteiger charge is -2.25. The van der Waals surface area contributed by atoms with Crippen molar-refractivity contribution < 1.29 is 32.9 Å². The summed E-state index contributed by atoms with van der Waals surface area (Å²) < 4.78 is 23.6. The van der Waals surface area contributed by atoms with E-state index in [0.717, 1.165) is 57.8 Å². The number of phosphoric ester groups is 1. The quantitative estimate of drug-likeness (QED) is 0.0243. The van der Waals surface area contributed by atoms with Gasteiger partial charge >= 0.3 is 7.82 Å². The van der Waals surface area contributed by atoms with Crippen molar-refractivity contribution in [1.82, 2.24) is 5.32 Å². The van der Waals surface area contributed by atoms with E-state index >= 15 is 0 Å². The Balaban J connectivity index is 4.32. The molecular formula is C52H100N2O6P+. The summed E-state index contributed by atoms with van der Waals surface area (Å²) in [6.07, 6.45) is 56.1. The fourth-order valence-corrected chi connectivity index (χ4v) is 7.96. The first-order chi connectivity index (χ1) is 29.5. The summed E-state index contributed by atoms with van der Waals surface area (Å²) in [5.74, 6) is -0.185. The van der Waals surface area contributed by atoms with Crippen LogP contribution in [0.2, 0.25) is 0 Å². The molecule has 8 nitrogen and oxygen atoms in total. The van der Waals surface area contributed by atoms with Crippen LogP contribution in [0.25, 0.3) is 0 Å². The molecule has 9 heteroatoms. The highest BCUT2D eigenvalue weighted by molar-refractivity contribution is 7.47. The Morgan fingerprint density at radius 2 is 0.934 bits per heavy atom. The molecule has 0 fully saturated rings. The van der Waals surface area contributed by atoms with Crippen LogP contribution in [0.15, 0.2) is 48.6 Å². The second-order valence-electron chi connectivity index (χ2n) is 18.5. The number of likely N-dealkylation sites (N-methyl/N-ethyl adjacent to an activating group) is 1. The summed E-state index contributed by atoms with van der Waals surface area (Å²) in [6, 6.07) is -0.851. The maximum atomic E-state index is 12.9. The van der Waals surface area contributed by atoms with Gasteiger partial charge in [-0.2, -0.15) is 0 Å². The van der Waals surface area contributed by atoms with Gasteiger partial charge in [0.1, 0.15) is 13.2 Å². The molecule has 0 aromatic heterocycles. The number of allylic oxidation sites excluding steroid dienone is 7. The maximum Gasteiger partial charge on any atom is 0.472 e. The van der Waals surface area contributed by atoms with Gasteiger partial charge in [0, 0.05) is 6.42 Å². The lowest BCUT2D eigenvalue weighted by atomic mass is 10.0. The van der Waals surface area contributed by atoms with Crippen LogP contribution < -0.4 is 5.32 Å². The monoisotopic (exact) mass is 880 g/mol. The molecule has 0 saturated heterocycles. The SMILES string of the molecule is CCCCCCC/C=C\C/C=C\C/C=C\CCCCCCCCCCC(=O)NC(COP(=O)(O)OCC[N+](C)(C)C)C(O)/C=C/CCCCCCCCCCCCCCCC. The first-order valence-corrected chi connectivity index (χ1v) is 27.0. The van der Waals surface area contributed by atoms with Gasteiger partial charge in [-0.1, -0.05) is 210 Å². The molecule has 0 aliphatic heterocycles. The van der Waals surface area contributed by atoms with Gasteiger partial charge in [0.25, 0.3) is 0 Å². The van der Waals surface area contributed by atoms with Gasteiger partial charge in [0.15, 0.2) is 0 Å². The number of unbranched alkanes of at least 4 members (excludes halogenated alkanes) is 27. The minimum absolute atomic E-state index is 0.0588. The van der Waals surface area contributed by atoms with E-state index in [1.165, 1.54) is 148 Å². The number of nitrogens with zero attached hydrogens (tertiary/aromatic N) is 1. The molecule has 3 unspecified atom stereocenters. The largest absolute Gasteiger partial charge is 0.472 e. The number of nitrogens with one attached hydrogen (secondary N) is 1. The molecule has 0 saturated carbocycles. The topological polar surface area (TPSA) is 105 Å². The van der Waals surface area contributed by atoms with Crippen LogP contribution in [-0.2, 0) is 18.4 Å². The molecule has 3 atom stereocenters. The number of phosphoric acid groups is 1. The second kappa shape index (κ2) is 43.7. The predicted octanol–water partition coefficient (Wildman–Crippen LogP) is 14.8. The van der Waals surface area contributed by atoms with E-state index in [2.05, 4.69) is 55.6 Å². The fourth-order valence-electron chi connectivity index (χ4n) is 7.22. The van der Waals surface area contributed by atoms with E-state index in [0.29, 0.717) is 17.4 Å². The zero-order chi connectivity index (χ0) is 45.0. The Morgan fingerprint density at radius 3 is 1.36 bits per heavy atom. The van der Waals surface area contributed by atoms with Crippen molar-refractivity contribution in [2.45, 2.75) is 238 Å². The summed E-state index contributed by atoms with van der Waals surface area (Å²) in [7, 11) is 1.56. The summed E-state index contributed by atoms with van der Waals surface area (Å²) in [5, 5.41) is 13.9. The summed E-state index contributed by atoms with van der Waals surface area (Å²) in [4.78, 5) is 23.2. The molecule has 61 heavy (non-hydrogen) atoms. The van der Waals surface area contributed by atoms with E-state index in [1.54, 1.807) is 6.08 Å². The molecule has 0 bridgehead atoms.